The normalized spacial score (nSPS) is 15.3. The Morgan fingerprint density at radius 3 is 2.36 bits per heavy atom. The second-order valence-electron chi connectivity index (χ2n) is 8.67. The van der Waals surface area contributed by atoms with Gasteiger partial charge in [0, 0.05) is 18.0 Å². The molecule has 0 saturated carbocycles. The molecule has 5 nitrogen and oxygen atoms in total. The largest absolute Gasteiger partial charge is 0.456 e. The Morgan fingerprint density at radius 1 is 1.18 bits per heavy atom. The Hall–Kier alpha value is -1.89. The minimum Gasteiger partial charge on any atom is -0.456 e. The third kappa shape index (κ3) is 6.33. The fourth-order valence-corrected chi connectivity index (χ4v) is 4.52. The maximum absolute atomic E-state index is 12.4. The van der Waals surface area contributed by atoms with E-state index in [0.717, 1.165) is 5.69 Å². The van der Waals surface area contributed by atoms with Crippen LogP contribution in [0, 0.1) is 11.3 Å². The van der Waals surface area contributed by atoms with Crippen molar-refractivity contribution in [2.45, 2.75) is 59.4 Å². The lowest BCUT2D eigenvalue weighted by Crippen LogP contribution is -2.44. The number of aliphatic hydroxyl groups is 1. The summed E-state index contributed by atoms with van der Waals surface area (Å²) in [6.45, 7) is 12.5. The summed E-state index contributed by atoms with van der Waals surface area (Å²) >= 11 is 0. The number of para-hydroxylation sites is 1. The van der Waals surface area contributed by atoms with E-state index < -0.39 is 15.1 Å². The van der Waals surface area contributed by atoms with E-state index in [1.165, 1.54) is 0 Å². The summed E-state index contributed by atoms with van der Waals surface area (Å²) in [5, 5.41) is 13.3. The zero-order valence-corrected chi connectivity index (χ0v) is 18.9. The van der Waals surface area contributed by atoms with E-state index in [4.69, 9.17) is 8.84 Å². The summed E-state index contributed by atoms with van der Waals surface area (Å²) in [6.07, 6.45) is -0.131. The fraction of sp³-hybridized carbons (Fsp3) is 0.500. The quantitative estimate of drug-likeness (QED) is 0.637. The van der Waals surface area contributed by atoms with Crippen molar-refractivity contribution in [3.8, 4) is 0 Å². The summed E-state index contributed by atoms with van der Waals surface area (Å²) in [6, 6.07) is 12.8. The molecule has 154 valence electrons. The first kappa shape index (κ1) is 22.4. The smallest absolute Gasteiger partial charge is 0.291 e. The first-order valence-electron chi connectivity index (χ1n) is 9.86. The SMILES string of the molecule is CC(O)C(Cc1ccc(C(=O)Nc2ccccc2)o1)C(O[SiH](C)C)C(C)(C)C. The second-order valence-corrected chi connectivity index (χ2v) is 11.0. The molecule has 1 aromatic heterocycles. The predicted molar refractivity (Wildman–Crippen MR) is 115 cm³/mol. The van der Waals surface area contributed by atoms with Gasteiger partial charge in [-0.05, 0) is 49.7 Å². The molecule has 1 amide bonds. The van der Waals surface area contributed by atoms with Crippen LogP contribution in [0.4, 0.5) is 5.69 Å². The van der Waals surface area contributed by atoms with Crippen LogP contribution in [0.15, 0.2) is 46.9 Å². The zero-order chi connectivity index (χ0) is 20.9. The zero-order valence-electron chi connectivity index (χ0n) is 17.7. The maximum Gasteiger partial charge on any atom is 0.291 e. The summed E-state index contributed by atoms with van der Waals surface area (Å²) in [7, 11) is -1.29. The second kappa shape index (κ2) is 9.54. The number of anilines is 1. The number of aliphatic hydroxyl groups excluding tert-OH is 1. The number of benzene rings is 1. The highest BCUT2D eigenvalue weighted by Crippen LogP contribution is 2.33. The molecule has 1 heterocycles. The molecule has 2 aromatic rings. The van der Waals surface area contributed by atoms with Crippen LogP contribution >= 0.6 is 0 Å². The molecular formula is C22H33NO4Si. The van der Waals surface area contributed by atoms with Gasteiger partial charge in [0.15, 0.2) is 14.8 Å². The standard InChI is InChI=1S/C22H33NO4Si/c1-15(24)18(20(22(2,3)4)27-28(5)6)14-17-12-13-19(26-17)21(25)23-16-10-8-7-9-11-16/h7-13,15,18,20,24,28H,14H2,1-6H3,(H,23,25). The molecule has 0 radical (unpaired) electrons. The average molecular weight is 404 g/mol. The van der Waals surface area contributed by atoms with E-state index in [1.807, 2.05) is 36.4 Å². The minimum atomic E-state index is -1.29. The maximum atomic E-state index is 12.4. The number of nitrogens with one attached hydrogen (secondary N) is 1. The number of hydrogen-bond donors (Lipinski definition) is 2. The van der Waals surface area contributed by atoms with Crippen LogP contribution in [0.1, 0.15) is 44.0 Å². The van der Waals surface area contributed by atoms with Crippen LogP contribution in [0.25, 0.3) is 0 Å². The van der Waals surface area contributed by atoms with E-state index in [9.17, 15) is 9.90 Å². The topological polar surface area (TPSA) is 71.7 Å². The highest BCUT2D eigenvalue weighted by Gasteiger charge is 2.37. The van der Waals surface area contributed by atoms with Crippen LogP contribution in [0.3, 0.4) is 0 Å². The molecule has 0 aliphatic heterocycles. The van der Waals surface area contributed by atoms with Crippen LogP contribution in [-0.2, 0) is 10.8 Å². The van der Waals surface area contributed by atoms with Gasteiger partial charge in [0.1, 0.15) is 5.76 Å². The van der Waals surface area contributed by atoms with Crippen LogP contribution in [0.2, 0.25) is 13.1 Å². The van der Waals surface area contributed by atoms with Crippen molar-refractivity contribution in [3.05, 3.63) is 54.0 Å². The minimum absolute atomic E-state index is 0.0918. The molecule has 0 fully saturated rings. The number of rotatable bonds is 8. The molecule has 3 atom stereocenters. The van der Waals surface area contributed by atoms with Crippen molar-refractivity contribution in [3.63, 3.8) is 0 Å². The van der Waals surface area contributed by atoms with Crippen LogP contribution in [-0.4, -0.2) is 32.3 Å². The molecular weight excluding hydrogens is 370 g/mol. The van der Waals surface area contributed by atoms with Gasteiger partial charge in [-0.1, -0.05) is 39.0 Å². The molecule has 0 bridgehead atoms. The molecule has 0 aliphatic carbocycles. The van der Waals surface area contributed by atoms with E-state index in [-0.39, 0.29) is 29.1 Å². The highest BCUT2D eigenvalue weighted by molar-refractivity contribution is 6.48. The first-order chi connectivity index (χ1) is 13.1. The fourth-order valence-electron chi connectivity index (χ4n) is 3.33. The molecule has 2 rings (SSSR count). The Morgan fingerprint density at radius 2 is 1.82 bits per heavy atom. The number of carbonyl (C=O) groups excluding carboxylic acids is 1. The molecule has 28 heavy (non-hydrogen) atoms. The lowest BCUT2D eigenvalue weighted by Gasteiger charge is -2.39. The van der Waals surface area contributed by atoms with Gasteiger partial charge in [-0.2, -0.15) is 0 Å². The molecule has 3 unspecified atom stereocenters. The highest BCUT2D eigenvalue weighted by atomic mass is 28.3. The van der Waals surface area contributed by atoms with Crippen LogP contribution in [0.5, 0.6) is 0 Å². The van der Waals surface area contributed by atoms with Gasteiger partial charge in [0.05, 0.1) is 12.2 Å². The van der Waals surface area contributed by atoms with Gasteiger partial charge < -0.3 is 19.3 Å². The monoisotopic (exact) mass is 403 g/mol. The van der Waals surface area contributed by atoms with Crippen molar-refractivity contribution in [2.75, 3.05) is 5.32 Å². The van der Waals surface area contributed by atoms with Gasteiger partial charge in [-0.15, -0.1) is 0 Å². The van der Waals surface area contributed by atoms with Crippen LogP contribution < -0.4 is 5.32 Å². The summed E-state index contributed by atoms with van der Waals surface area (Å²) in [5.74, 6) is 0.525. The third-order valence-electron chi connectivity index (χ3n) is 4.63. The Labute approximate surface area is 169 Å². The summed E-state index contributed by atoms with van der Waals surface area (Å²) in [4.78, 5) is 12.4. The van der Waals surface area contributed by atoms with Crippen molar-refractivity contribution in [1.82, 2.24) is 0 Å². The number of hydrogen-bond acceptors (Lipinski definition) is 4. The molecule has 0 spiro atoms. The molecule has 2 N–H and O–H groups in total. The van der Waals surface area contributed by atoms with Crippen molar-refractivity contribution in [2.24, 2.45) is 11.3 Å². The van der Waals surface area contributed by atoms with E-state index >= 15 is 0 Å². The van der Waals surface area contributed by atoms with E-state index in [0.29, 0.717) is 12.2 Å². The summed E-state index contributed by atoms with van der Waals surface area (Å²) in [5.41, 5.74) is 0.606. The lowest BCUT2D eigenvalue weighted by molar-refractivity contribution is -0.0244. The van der Waals surface area contributed by atoms with Gasteiger partial charge in [0.25, 0.3) is 5.91 Å². The number of carbonyl (C=O) groups is 1. The van der Waals surface area contributed by atoms with E-state index in [1.54, 1.807) is 13.0 Å². The van der Waals surface area contributed by atoms with Gasteiger partial charge >= 0.3 is 0 Å². The average Bonchev–Trinajstić information content (AvgIpc) is 3.06. The van der Waals surface area contributed by atoms with Crippen molar-refractivity contribution in [1.29, 1.82) is 0 Å². The van der Waals surface area contributed by atoms with Gasteiger partial charge in [-0.25, -0.2) is 0 Å². The lowest BCUT2D eigenvalue weighted by atomic mass is 9.77. The molecule has 6 heteroatoms. The first-order valence-corrected chi connectivity index (χ1v) is 12.6. The van der Waals surface area contributed by atoms with E-state index in [2.05, 4.69) is 39.2 Å². The van der Waals surface area contributed by atoms with Crippen molar-refractivity contribution >= 4 is 20.6 Å². The molecule has 0 aliphatic rings. The predicted octanol–water partition coefficient (Wildman–Crippen LogP) is 4.49. The summed E-state index contributed by atoms with van der Waals surface area (Å²) < 4.78 is 12.1. The van der Waals surface area contributed by atoms with Crippen molar-refractivity contribution < 1.29 is 18.7 Å². The Kier molecular flexibility index (Phi) is 7.63. The number of furan rings is 1. The van der Waals surface area contributed by atoms with Gasteiger partial charge in [0.2, 0.25) is 0 Å². The molecule has 1 aromatic carbocycles. The molecule has 0 saturated heterocycles. The van der Waals surface area contributed by atoms with Gasteiger partial charge in [-0.3, -0.25) is 4.79 Å². The Bertz CT molecular complexity index is 749. The third-order valence-corrected chi connectivity index (χ3v) is 5.47. The number of amides is 1. The Balaban J connectivity index is 2.14.